The van der Waals surface area contributed by atoms with Crippen LogP contribution in [0.2, 0.25) is 5.02 Å². The first-order valence-corrected chi connectivity index (χ1v) is 6.95. The highest BCUT2D eigenvalue weighted by Crippen LogP contribution is 2.13. The van der Waals surface area contributed by atoms with Crippen molar-refractivity contribution in [2.75, 3.05) is 0 Å². The minimum atomic E-state index is -0.210. The van der Waals surface area contributed by atoms with Crippen molar-refractivity contribution < 1.29 is 9.59 Å². The van der Waals surface area contributed by atoms with Crippen molar-refractivity contribution in [2.24, 2.45) is 0 Å². The van der Waals surface area contributed by atoms with Crippen LogP contribution < -0.4 is 5.32 Å². The maximum Gasteiger partial charge on any atom is 0.179 e. The molecule has 1 N–H and O–H groups in total. The molecule has 0 radical (unpaired) electrons. The predicted octanol–water partition coefficient (Wildman–Crippen LogP) is 3.89. The summed E-state index contributed by atoms with van der Waals surface area (Å²) >= 11 is 5.85. The summed E-state index contributed by atoms with van der Waals surface area (Å²) in [5.74, 6) is 0.234. The average molecular weight is 298 g/mol. The van der Waals surface area contributed by atoms with Crippen LogP contribution in [0.4, 0.5) is 0 Å². The Balaban J connectivity index is 0.000000796. The molecule has 0 saturated heterocycles. The van der Waals surface area contributed by atoms with Gasteiger partial charge in [0.2, 0.25) is 0 Å². The average Bonchev–Trinajstić information content (AvgIpc) is 2.24. The van der Waals surface area contributed by atoms with Gasteiger partial charge in [0.1, 0.15) is 5.78 Å². The fraction of sp³-hybridized carbons (Fsp3) is 0.500. The van der Waals surface area contributed by atoms with Gasteiger partial charge in [0, 0.05) is 16.1 Å². The van der Waals surface area contributed by atoms with Gasteiger partial charge in [-0.2, -0.15) is 0 Å². The standard InChI is InChI=1S/C13H18ClNO.C3H6O/c1-9(15-13(2,3)4)12(16)10-6-5-7-11(14)8-10;1-3(2)4/h5-9,15H,1-4H3;1-2H3. The van der Waals surface area contributed by atoms with E-state index in [4.69, 9.17) is 11.6 Å². The number of hydrogen-bond acceptors (Lipinski definition) is 3. The molecule has 4 heteroatoms. The Labute approximate surface area is 126 Å². The fourth-order valence-corrected chi connectivity index (χ4v) is 1.80. The van der Waals surface area contributed by atoms with Crippen LogP contribution in [-0.4, -0.2) is 23.1 Å². The van der Waals surface area contributed by atoms with Crippen LogP contribution in [0.25, 0.3) is 0 Å². The summed E-state index contributed by atoms with van der Waals surface area (Å²) < 4.78 is 0. The zero-order chi connectivity index (χ0) is 15.9. The van der Waals surface area contributed by atoms with Crippen molar-refractivity contribution in [3.05, 3.63) is 34.9 Å². The highest BCUT2D eigenvalue weighted by atomic mass is 35.5. The van der Waals surface area contributed by atoms with Crippen LogP contribution in [-0.2, 0) is 4.79 Å². The molecule has 3 nitrogen and oxygen atoms in total. The molecule has 20 heavy (non-hydrogen) atoms. The van der Waals surface area contributed by atoms with E-state index < -0.39 is 0 Å². The molecule has 0 bridgehead atoms. The minimum absolute atomic E-state index is 0.0671. The number of rotatable bonds is 3. The predicted molar refractivity (Wildman–Crippen MR) is 84.5 cm³/mol. The summed E-state index contributed by atoms with van der Waals surface area (Å²) in [6.45, 7) is 11.0. The van der Waals surface area contributed by atoms with Gasteiger partial charge in [-0.15, -0.1) is 0 Å². The number of halogens is 1. The first-order valence-electron chi connectivity index (χ1n) is 6.57. The number of nitrogens with one attached hydrogen (secondary N) is 1. The molecule has 0 fully saturated rings. The van der Waals surface area contributed by atoms with E-state index in [0.29, 0.717) is 10.6 Å². The Morgan fingerprint density at radius 3 is 2.10 bits per heavy atom. The largest absolute Gasteiger partial charge is 0.303 e. The zero-order valence-corrected chi connectivity index (χ0v) is 13.8. The van der Waals surface area contributed by atoms with E-state index in [-0.39, 0.29) is 23.1 Å². The smallest absolute Gasteiger partial charge is 0.179 e. The highest BCUT2D eigenvalue weighted by molar-refractivity contribution is 6.31. The van der Waals surface area contributed by atoms with Crippen LogP contribution in [0.1, 0.15) is 51.9 Å². The molecule has 1 unspecified atom stereocenters. The summed E-state index contributed by atoms with van der Waals surface area (Å²) in [7, 11) is 0. The summed E-state index contributed by atoms with van der Waals surface area (Å²) in [5, 5.41) is 3.84. The molecule has 0 aromatic heterocycles. The van der Waals surface area contributed by atoms with Crippen LogP contribution in [0.3, 0.4) is 0 Å². The number of carbonyl (C=O) groups excluding carboxylic acids is 2. The van der Waals surface area contributed by atoms with Crippen molar-refractivity contribution >= 4 is 23.2 Å². The van der Waals surface area contributed by atoms with Gasteiger partial charge in [0.05, 0.1) is 6.04 Å². The number of hydrogen-bond donors (Lipinski definition) is 1. The van der Waals surface area contributed by atoms with E-state index in [1.54, 1.807) is 24.3 Å². The van der Waals surface area contributed by atoms with Gasteiger partial charge in [0.15, 0.2) is 5.78 Å². The number of benzene rings is 1. The Morgan fingerprint density at radius 2 is 1.70 bits per heavy atom. The van der Waals surface area contributed by atoms with E-state index in [2.05, 4.69) is 5.32 Å². The molecule has 0 spiro atoms. The molecule has 1 rings (SSSR count). The third kappa shape index (κ3) is 8.83. The molecule has 0 aliphatic heterocycles. The van der Waals surface area contributed by atoms with Crippen molar-refractivity contribution in [1.29, 1.82) is 0 Å². The molecule has 0 saturated carbocycles. The quantitative estimate of drug-likeness (QED) is 0.861. The molecular formula is C16H24ClNO2. The van der Waals surface area contributed by atoms with E-state index in [9.17, 15) is 9.59 Å². The lowest BCUT2D eigenvalue weighted by atomic mass is 10.0. The number of ketones is 2. The second kappa shape index (κ2) is 8.18. The van der Waals surface area contributed by atoms with Crippen LogP contribution >= 0.6 is 11.6 Å². The van der Waals surface area contributed by atoms with E-state index in [1.165, 1.54) is 13.8 Å². The van der Waals surface area contributed by atoms with Crippen molar-refractivity contribution in [2.45, 2.75) is 53.1 Å². The van der Waals surface area contributed by atoms with Gasteiger partial charge in [-0.05, 0) is 53.7 Å². The maximum atomic E-state index is 12.1. The lowest BCUT2D eigenvalue weighted by Crippen LogP contribution is -2.46. The molecule has 0 amide bonds. The second-order valence-corrected chi connectivity index (χ2v) is 6.34. The molecule has 112 valence electrons. The SMILES string of the molecule is CC(C)=O.CC(NC(C)(C)C)C(=O)c1cccc(Cl)c1. The minimum Gasteiger partial charge on any atom is -0.303 e. The van der Waals surface area contributed by atoms with Crippen molar-refractivity contribution in [3.8, 4) is 0 Å². The molecule has 1 atom stereocenters. The molecule has 0 heterocycles. The summed E-state index contributed by atoms with van der Waals surface area (Å²) in [6.07, 6.45) is 0. The zero-order valence-electron chi connectivity index (χ0n) is 13.1. The summed E-state index contributed by atoms with van der Waals surface area (Å²) in [4.78, 5) is 21.5. The maximum absolute atomic E-state index is 12.1. The molecule has 1 aromatic carbocycles. The van der Waals surface area contributed by atoms with Gasteiger partial charge in [-0.25, -0.2) is 0 Å². The Morgan fingerprint density at radius 1 is 1.20 bits per heavy atom. The first-order chi connectivity index (χ1) is 9.03. The van der Waals surface area contributed by atoms with E-state index >= 15 is 0 Å². The normalized spacial score (nSPS) is 12.2. The van der Waals surface area contributed by atoms with Crippen molar-refractivity contribution in [3.63, 3.8) is 0 Å². The Bertz CT molecular complexity index is 460. The number of carbonyl (C=O) groups is 2. The molecule has 0 aliphatic carbocycles. The molecular weight excluding hydrogens is 274 g/mol. The van der Waals surface area contributed by atoms with Crippen LogP contribution in [0.15, 0.2) is 24.3 Å². The summed E-state index contributed by atoms with van der Waals surface area (Å²) in [6, 6.07) is 6.83. The Kier molecular flexibility index (Phi) is 7.69. The third-order valence-corrected chi connectivity index (χ3v) is 2.39. The van der Waals surface area contributed by atoms with Gasteiger partial charge in [-0.1, -0.05) is 23.7 Å². The molecule has 1 aromatic rings. The lowest BCUT2D eigenvalue weighted by molar-refractivity contribution is -0.114. The fourth-order valence-electron chi connectivity index (χ4n) is 1.61. The van der Waals surface area contributed by atoms with Gasteiger partial charge in [-0.3, -0.25) is 4.79 Å². The van der Waals surface area contributed by atoms with Crippen LogP contribution in [0.5, 0.6) is 0 Å². The van der Waals surface area contributed by atoms with Gasteiger partial charge in [0.25, 0.3) is 0 Å². The van der Waals surface area contributed by atoms with Crippen molar-refractivity contribution in [1.82, 2.24) is 5.32 Å². The lowest BCUT2D eigenvalue weighted by Gasteiger charge is -2.25. The van der Waals surface area contributed by atoms with E-state index in [0.717, 1.165) is 0 Å². The van der Waals surface area contributed by atoms with Crippen LogP contribution in [0, 0.1) is 0 Å². The first kappa shape index (κ1) is 18.8. The Hall–Kier alpha value is -1.19. The van der Waals surface area contributed by atoms with Gasteiger partial charge < -0.3 is 10.1 Å². The van der Waals surface area contributed by atoms with E-state index in [1.807, 2.05) is 27.7 Å². The third-order valence-electron chi connectivity index (χ3n) is 2.15. The monoisotopic (exact) mass is 297 g/mol. The summed E-state index contributed by atoms with van der Waals surface area (Å²) in [5.41, 5.74) is 0.574. The number of Topliss-reactive ketones (excluding diaryl/α,β-unsaturated/α-hetero) is 2. The van der Waals surface area contributed by atoms with Gasteiger partial charge >= 0.3 is 0 Å². The highest BCUT2D eigenvalue weighted by Gasteiger charge is 2.20. The second-order valence-electron chi connectivity index (χ2n) is 5.90. The molecule has 0 aliphatic rings. The topological polar surface area (TPSA) is 46.2 Å².